The number of carbonyl (C=O) groups excluding carboxylic acids is 1. The third-order valence-corrected chi connectivity index (χ3v) is 7.60. The lowest BCUT2D eigenvalue weighted by Gasteiger charge is -2.45. The van der Waals surface area contributed by atoms with Crippen molar-refractivity contribution in [3.8, 4) is 17.2 Å². The first-order valence-corrected chi connectivity index (χ1v) is 14.3. The summed E-state index contributed by atoms with van der Waals surface area (Å²) in [6.45, 7) is 5.80. The molecular weight excluding hydrogens is 588 g/mol. The number of hydrogen-bond acceptors (Lipinski definition) is 9. The highest BCUT2D eigenvalue weighted by atomic mass is 32.2. The van der Waals surface area contributed by atoms with Crippen LogP contribution in [0.25, 0.3) is 5.57 Å². The molecule has 15 heteroatoms. The standard InChI is InChI=1S/C27H28F4N2O8S/c1-25(2,3)40-24(34)33-22-13-32-14-26(39-22)18-12-17(41-42(35,36)27(29,30)31)4-5-21(18)38-23-19(26)10-16(11-20(23)28)15-6-8-37-9-7-15/h4-6,10-12,22,32H,7-9,13-14H2,1-3H3,(H,33,34)/t22-,26?/m0/s1. The number of halogens is 4. The molecular formula is C27H28F4N2O8S. The molecule has 10 nitrogen and oxygen atoms in total. The zero-order chi connectivity index (χ0) is 30.5. The van der Waals surface area contributed by atoms with Crippen molar-refractivity contribution in [1.29, 1.82) is 0 Å². The van der Waals surface area contributed by atoms with E-state index in [1.54, 1.807) is 32.9 Å². The van der Waals surface area contributed by atoms with Crippen LogP contribution in [0.2, 0.25) is 0 Å². The third-order valence-electron chi connectivity index (χ3n) is 6.63. The molecule has 3 heterocycles. The van der Waals surface area contributed by atoms with Crippen LogP contribution in [0.1, 0.15) is 43.9 Å². The first kappa shape index (κ1) is 30.1. The number of alkyl carbamates (subject to hydrolysis) is 1. The van der Waals surface area contributed by atoms with Crippen LogP contribution in [0.3, 0.4) is 0 Å². The maximum Gasteiger partial charge on any atom is 0.534 e. The number of hydrogen-bond donors (Lipinski definition) is 2. The van der Waals surface area contributed by atoms with Gasteiger partial charge in [0.15, 0.2) is 11.6 Å². The Labute approximate surface area is 239 Å². The maximum absolute atomic E-state index is 15.7. The molecule has 0 bridgehead atoms. The van der Waals surface area contributed by atoms with Crippen molar-refractivity contribution < 1.29 is 53.9 Å². The Morgan fingerprint density at radius 1 is 1.14 bits per heavy atom. The van der Waals surface area contributed by atoms with Crippen LogP contribution < -0.4 is 19.6 Å². The summed E-state index contributed by atoms with van der Waals surface area (Å²) in [5.74, 6) is -1.62. The molecule has 1 saturated heterocycles. The number of ether oxygens (including phenoxy) is 4. The summed E-state index contributed by atoms with van der Waals surface area (Å²) < 4.78 is 106. The molecule has 1 unspecified atom stereocenters. The largest absolute Gasteiger partial charge is 0.534 e. The van der Waals surface area contributed by atoms with Crippen LogP contribution in [-0.2, 0) is 29.9 Å². The van der Waals surface area contributed by atoms with Crippen LogP contribution >= 0.6 is 0 Å². The Kier molecular flexibility index (Phi) is 7.66. The lowest BCUT2D eigenvalue weighted by atomic mass is 9.80. The van der Waals surface area contributed by atoms with Crippen molar-refractivity contribution in [3.63, 3.8) is 0 Å². The van der Waals surface area contributed by atoms with Gasteiger partial charge in [0.05, 0.1) is 13.2 Å². The van der Waals surface area contributed by atoms with Gasteiger partial charge in [0, 0.05) is 24.2 Å². The van der Waals surface area contributed by atoms with Crippen molar-refractivity contribution in [2.45, 2.75) is 50.1 Å². The van der Waals surface area contributed by atoms with Crippen molar-refractivity contribution in [2.75, 3.05) is 26.3 Å². The Hall–Kier alpha value is -3.40. The Bertz CT molecular complexity index is 1540. The predicted octanol–water partition coefficient (Wildman–Crippen LogP) is 4.68. The van der Waals surface area contributed by atoms with Crippen molar-refractivity contribution in [3.05, 3.63) is 58.9 Å². The third kappa shape index (κ3) is 5.91. The number of alkyl halides is 3. The summed E-state index contributed by atoms with van der Waals surface area (Å²) in [6, 6.07) is 6.07. The number of amides is 1. The first-order chi connectivity index (χ1) is 19.6. The molecule has 42 heavy (non-hydrogen) atoms. The average Bonchev–Trinajstić information content (AvgIpc) is 2.88. The minimum absolute atomic E-state index is 0.0177. The van der Waals surface area contributed by atoms with E-state index in [4.69, 9.17) is 18.9 Å². The highest BCUT2D eigenvalue weighted by Gasteiger charge is 2.51. The van der Waals surface area contributed by atoms with Crippen LogP contribution in [0.15, 0.2) is 36.4 Å². The van der Waals surface area contributed by atoms with E-state index in [0.717, 1.165) is 23.8 Å². The Balaban J connectivity index is 1.62. The molecule has 3 aliphatic rings. The van der Waals surface area contributed by atoms with Gasteiger partial charge in [0.2, 0.25) is 0 Å². The van der Waals surface area contributed by atoms with Gasteiger partial charge in [-0.05, 0) is 68.7 Å². The molecule has 0 saturated carbocycles. The monoisotopic (exact) mass is 616 g/mol. The number of fused-ring (bicyclic) bond motifs is 4. The van der Waals surface area contributed by atoms with E-state index in [2.05, 4.69) is 14.8 Å². The lowest BCUT2D eigenvalue weighted by molar-refractivity contribution is -0.112. The molecule has 2 N–H and O–H groups in total. The SMILES string of the molecule is CC(C)(C)OC(=O)N[C@@H]1CNCC2(O1)c1cc(OS(=O)(=O)C(F)(F)F)ccc1Oc1c(F)cc(C3=CCOCC3)cc12. The van der Waals surface area contributed by atoms with E-state index in [-0.39, 0.29) is 35.7 Å². The molecule has 1 amide bonds. The molecule has 1 fully saturated rings. The molecule has 0 radical (unpaired) electrons. The van der Waals surface area contributed by atoms with Gasteiger partial charge in [-0.3, -0.25) is 5.32 Å². The second-order valence-corrected chi connectivity index (χ2v) is 12.4. The quantitative estimate of drug-likeness (QED) is 0.287. The van der Waals surface area contributed by atoms with E-state index in [1.165, 1.54) is 6.07 Å². The fourth-order valence-electron chi connectivity index (χ4n) is 4.91. The van der Waals surface area contributed by atoms with E-state index < -0.39 is 50.7 Å². The minimum atomic E-state index is -6.00. The Morgan fingerprint density at radius 3 is 2.57 bits per heavy atom. The van der Waals surface area contributed by atoms with E-state index in [1.807, 2.05) is 0 Å². The second-order valence-electron chi connectivity index (χ2n) is 10.8. The van der Waals surface area contributed by atoms with Gasteiger partial charge < -0.3 is 28.4 Å². The van der Waals surface area contributed by atoms with Crippen molar-refractivity contribution in [2.24, 2.45) is 0 Å². The fraction of sp³-hybridized carbons (Fsp3) is 0.444. The summed E-state index contributed by atoms with van der Waals surface area (Å²) in [7, 11) is -6.00. The summed E-state index contributed by atoms with van der Waals surface area (Å²) in [5, 5.41) is 5.70. The zero-order valence-electron chi connectivity index (χ0n) is 22.8. The van der Waals surface area contributed by atoms with E-state index in [9.17, 15) is 26.4 Å². The average molecular weight is 617 g/mol. The lowest BCUT2D eigenvalue weighted by Crippen LogP contribution is -2.59. The molecule has 3 aliphatic heterocycles. The van der Waals surface area contributed by atoms with Crippen molar-refractivity contribution >= 4 is 21.8 Å². The minimum Gasteiger partial charge on any atom is -0.453 e. The predicted molar refractivity (Wildman–Crippen MR) is 140 cm³/mol. The van der Waals surface area contributed by atoms with Crippen LogP contribution in [0, 0.1) is 5.82 Å². The second kappa shape index (κ2) is 10.7. The molecule has 2 atom stereocenters. The van der Waals surface area contributed by atoms with Gasteiger partial charge in [0.25, 0.3) is 0 Å². The van der Waals surface area contributed by atoms with Crippen LogP contribution in [-0.4, -0.2) is 58.2 Å². The van der Waals surface area contributed by atoms with E-state index in [0.29, 0.717) is 25.2 Å². The maximum atomic E-state index is 15.7. The van der Waals surface area contributed by atoms with Gasteiger partial charge in [0.1, 0.15) is 28.9 Å². The van der Waals surface area contributed by atoms with Gasteiger partial charge in [-0.2, -0.15) is 21.6 Å². The van der Waals surface area contributed by atoms with Crippen LogP contribution in [0.4, 0.5) is 22.4 Å². The number of rotatable bonds is 4. The zero-order valence-corrected chi connectivity index (χ0v) is 23.6. The van der Waals surface area contributed by atoms with Gasteiger partial charge in [-0.25, -0.2) is 9.18 Å². The van der Waals surface area contributed by atoms with Gasteiger partial charge >= 0.3 is 21.7 Å². The summed E-state index contributed by atoms with van der Waals surface area (Å²) in [5.41, 5.74) is -6.67. The molecule has 0 aliphatic carbocycles. The van der Waals surface area contributed by atoms with Crippen LogP contribution in [0.5, 0.6) is 17.2 Å². The van der Waals surface area contributed by atoms with Crippen molar-refractivity contribution in [1.82, 2.24) is 10.6 Å². The normalized spacial score (nSPS) is 22.4. The van der Waals surface area contributed by atoms with Gasteiger partial charge in [-0.15, -0.1) is 0 Å². The first-order valence-electron chi connectivity index (χ1n) is 12.9. The molecule has 2 aromatic carbocycles. The summed E-state index contributed by atoms with van der Waals surface area (Å²) in [6.07, 6.45) is 0.428. The Morgan fingerprint density at radius 2 is 1.90 bits per heavy atom. The summed E-state index contributed by atoms with van der Waals surface area (Å²) in [4.78, 5) is 12.6. The molecule has 5 rings (SSSR count). The number of morpholine rings is 1. The number of nitrogens with one attached hydrogen (secondary N) is 2. The smallest absolute Gasteiger partial charge is 0.453 e. The number of carbonyl (C=O) groups is 1. The fourth-order valence-corrected chi connectivity index (χ4v) is 5.36. The molecule has 228 valence electrons. The summed E-state index contributed by atoms with van der Waals surface area (Å²) >= 11 is 0. The van der Waals surface area contributed by atoms with Gasteiger partial charge in [-0.1, -0.05) is 6.08 Å². The molecule has 0 aromatic heterocycles. The highest BCUT2D eigenvalue weighted by molar-refractivity contribution is 7.88. The number of benzene rings is 2. The molecule has 2 aromatic rings. The topological polar surface area (TPSA) is 121 Å². The highest BCUT2D eigenvalue weighted by Crippen LogP contribution is 2.52. The van der Waals surface area contributed by atoms with E-state index >= 15 is 4.39 Å². The molecule has 1 spiro atoms.